The van der Waals surface area contributed by atoms with Crippen molar-refractivity contribution in [2.75, 3.05) is 11.1 Å². The quantitative estimate of drug-likeness (QED) is 0.843. The summed E-state index contributed by atoms with van der Waals surface area (Å²) in [4.78, 5) is 12.1. The van der Waals surface area contributed by atoms with Crippen molar-refractivity contribution in [3.63, 3.8) is 0 Å². The number of amides is 1. The van der Waals surface area contributed by atoms with Gasteiger partial charge in [0.2, 0.25) is 5.91 Å². The van der Waals surface area contributed by atoms with Crippen LogP contribution >= 0.6 is 24.0 Å². The first-order chi connectivity index (χ1) is 9.09. The Bertz CT molecular complexity index is 501. The fourth-order valence-electron chi connectivity index (χ4n) is 2.04. The lowest BCUT2D eigenvalue weighted by Gasteiger charge is -2.21. The number of thiocarbonyl (C=S) groups is 1. The second kappa shape index (κ2) is 6.34. The van der Waals surface area contributed by atoms with Crippen molar-refractivity contribution < 1.29 is 9.18 Å². The normalized spacial score (nSPS) is 18.9. The summed E-state index contributed by atoms with van der Waals surface area (Å²) in [6, 6.07) is 4.42. The topological polar surface area (TPSA) is 55.1 Å². The molecule has 0 aromatic heterocycles. The third kappa shape index (κ3) is 3.45. The Hall–Kier alpha value is -1.14. The van der Waals surface area contributed by atoms with Crippen molar-refractivity contribution in [1.29, 1.82) is 0 Å². The van der Waals surface area contributed by atoms with Crippen molar-refractivity contribution >= 4 is 40.6 Å². The summed E-state index contributed by atoms with van der Waals surface area (Å²) >= 11 is 6.47. The van der Waals surface area contributed by atoms with E-state index in [1.54, 1.807) is 17.8 Å². The Morgan fingerprint density at radius 1 is 1.47 bits per heavy atom. The average Bonchev–Trinajstić information content (AvgIpc) is 2.39. The first kappa shape index (κ1) is 14.3. The highest BCUT2D eigenvalue weighted by Crippen LogP contribution is 2.27. The van der Waals surface area contributed by atoms with Crippen LogP contribution in [-0.2, 0) is 4.79 Å². The Labute approximate surface area is 121 Å². The number of halogens is 1. The van der Waals surface area contributed by atoms with Crippen molar-refractivity contribution in [2.45, 2.75) is 24.5 Å². The molecule has 0 aliphatic carbocycles. The van der Waals surface area contributed by atoms with E-state index in [0.29, 0.717) is 5.69 Å². The van der Waals surface area contributed by atoms with Crippen LogP contribution in [0.4, 0.5) is 10.1 Å². The molecule has 102 valence electrons. The molecule has 0 bridgehead atoms. The molecule has 6 heteroatoms. The highest BCUT2D eigenvalue weighted by molar-refractivity contribution is 8.00. The predicted octanol–water partition coefficient (Wildman–Crippen LogP) is 2.68. The lowest BCUT2D eigenvalue weighted by molar-refractivity contribution is -0.115. The number of rotatable bonds is 3. The van der Waals surface area contributed by atoms with Gasteiger partial charge >= 0.3 is 0 Å². The Morgan fingerprint density at radius 2 is 2.26 bits per heavy atom. The standard InChI is InChI=1S/C13H15FN2OS2/c14-8-4-3-5-9(11(8)12(15)18)16-13(17)10-6-1-2-7-19-10/h3-5,10H,1-2,6-7H2,(H2,15,18)(H,16,17). The average molecular weight is 298 g/mol. The van der Waals surface area contributed by atoms with Crippen LogP contribution in [0.5, 0.6) is 0 Å². The number of benzene rings is 1. The van der Waals surface area contributed by atoms with Crippen molar-refractivity contribution in [2.24, 2.45) is 5.73 Å². The van der Waals surface area contributed by atoms with Gasteiger partial charge in [-0.25, -0.2) is 4.39 Å². The van der Waals surface area contributed by atoms with Gasteiger partial charge in [-0.15, -0.1) is 11.8 Å². The number of hydrogen-bond donors (Lipinski definition) is 2. The molecular weight excluding hydrogens is 283 g/mol. The van der Waals surface area contributed by atoms with Gasteiger partial charge in [-0.2, -0.15) is 0 Å². The van der Waals surface area contributed by atoms with Gasteiger partial charge in [-0.1, -0.05) is 24.7 Å². The van der Waals surface area contributed by atoms with Crippen LogP contribution in [0.2, 0.25) is 0 Å². The van der Waals surface area contributed by atoms with Gasteiger partial charge < -0.3 is 11.1 Å². The monoisotopic (exact) mass is 298 g/mol. The minimum atomic E-state index is -0.512. The zero-order valence-corrected chi connectivity index (χ0v) is 12.0. The molecule has 1 fully saturated rings. The van der Waals surface area contributed by atoms with E-state index in [9.17, 15) is 9.18 Å². The molecule has 0 radical (unpaired) electrons. The molecule has 0 saturated carbocycles. The van der Waals surface area contributed by atoms with Gasteiger partial charge in [0.1, 0.15) is 10.8 Å². The lowest BCUT2D eigenvalue weighted by atomic mass is 10.1. The molecule has 1 amide bonds. The van der Waals surface area contributed by atoms with Gasteiger partial charge in [0.25, 0.3) is 0 Å². The van der Waals surface area contributed by atoms with Crippen molar-refractivity contribution in [3.8, 4) is 0 Å². The minimum Gasteiger partial charge on any atom is -0.389 e. The van der Waals surface area contributed by atoms with E-state index in [-0.39, 0.29) is 21.7 Å². The zero-order valence-electron chi connectivity index (χ0n) is 10.3. The van der Waals surface area contributed by atoms with Crippen LogP contribution < -0.4 is 11.1 Å². The van der Waals surface area contributed by atoms with Crippen LogP contribution in [0.15, 0.2) is 18.2 Å². The molecular formula is C13H15FN2OS2. The highest BCUT2D eigenvalue weighted by atomic mass is 32.2. The summed E-state index contributed by atoms with van der Waals surface area (Å²) in [6.07, 6.45) is 3.05. The van der Waals surface area contributed by atoms with E-state index in [2.05, 4.69) is 5.32 Å². The molecule has 3 nitrogen and oxygen atoms in total. The van der Waals surface area contributed by atoms with Crippen LogP contribution in [0.25, 0.3) is 0 Å². The van der Waals surface area contributed by atoms with Crippen LogP contribution in [-0.4, -0.2) is 21.9 Å². The maximum atomic E-state index is 13.7. The molecule has 1 heterocycles. The Balaban J connectivity index is 2.16. The lowest BCUT2D eigenvalue weighted by Crippen LogP contribution is -2.29. The summed E-state index contributed by atoms with van der Waals surface area (Å²) in [5, 5.41) is 2.66. The van der Waals surface area contributed by atoms with E-state index >= 15 is 0 Å². The van der Waals surface area contributed by atoms with Crippen LogP contribution in [0, 0.1) is 5.82 Å². The van der Waals surface area contributed by atoms with Gasteiger partial charge in [-0.3, -0.25) is 4.79 Å². The zero-order chi connectivity index (χ0) is 13.8. The van der Waals surface area contributed by atoms with Crippen molar-refractivity contribution in [3.05, 3.63) is 29.6 Å². The molecule has 2 rings (SSSR count). The van der Waals surface area contributed by atoms with Crippen LogP contribution in [0.3, 0.4) is 0 Å². The number of carbonyl (C=O) groups excluding carboxylic acids is 1. The number of nitrogens with one attached hydrogen (secondary N) is 1. The highest BCUT2D eigenvalue weighted by Gasteiger charge is 2.23. The second-order valence-electron chi connectivity index (χ2n) is 4.37. The molecule has 1 aromatic rings. The number of hydrogen-bond acceptors (Lipinski definition) is 3. The molecule has 19 heavy (non-hydrogen) atoms. The fourth-order valence-corrected chi connectivity index (χ4v) is 3.45. The van der Waals surface area contributed by atoms with Gasteiger partial charge in [0, 0.05) is 0 Å². The smallest absolute Gasteiger partial charge is 0.237 e. The molecule has 1 atom stereocenters. The SMILES string of the molecule is NC(=S)c1c(F)cccc1NC(=O)C1CCCCS1. The third-order valence-corrected chi connectivity index (χ3v) is 4.57. The number of nitrogens with two attached hydrogens (primary N) is 1. The number of anilines is 1. The van der Waals surface area contributed by atoms with E-state index in [4.69, 9.17) is 18.0 Å². The molecule has 1 aromatic carbocycles. The Kier molecular flexibility index (Phi) is 4.76. The summed E-state index contributed by atoms with van der Waals surface area (Å²) in [5.74, 6) is 0.373. The molecule has 0 spiro atoms. The molecule has 3 N–H and O–H groups in total. The predicted molar refractivity (Wildman–Crippen MR) is 81.0 cm³/mol. The van der Waals surface area contributed by atoms with Gasteiger partial charge in [0.05, 0.1) is 16.5 Å². The van der Waals surface area contributed by atoms with Crippen molar-refractivity contribution in [1.82, 2.24) is 0 Å². The van der Waals surface area contributed by atoms with Crippen LogP contribution in [0.1, 0.15) is 24.8 Å². The van der Waals surface area contributed by atoms with Gasteiger partial charge in [-0.05, 0) is 30.7 Å². The van der Waals surface area contributed by atoms with E-state index < -0.39 is 5.82 Å². The molecule has 1 unspecified atom stereocenters. The second-order valence-corrected chi connectivity index (χ2v) is 6.12. The van der Waals surface area contributed by atoms with Gasteiger partial charge in [0.15, 0.2) is 0 Å². The molecule has 1 aliphatic rings. The first-order valence-electron chi connectivity index (χ1n) is 6.10. The number of carbonyl (C=O) groups is 1. The summed E-state index contributed by atoms with van der Waals surface area (Å²) < 4.78 is 13.7. The summed E-state index contributed by atoms with van der Waals surface area (Å²) in [7, 11) is 0. The third-order valence-electron chi connectivity index (χ3n) is 2.99. The maximum Gasteiger partial charge on any atom is 0.237 e. The summed E-state index contributed by atoms with van der Waals surface area (Å²) in [5.41, 5.74) is 5.96. The minimum absolute atomic E-state index is 0.0512. The summed E-state index contributed by atoms with van der Waals surface area (Å²) in [6.45, 7) is 0. The fraction of sp³-hybridized carbons (Fsp3) is 0.385. The number of thioether (sulfide) groups is 1. The van der Waals surface area contributed by atoms with E-state index in [1.807, 2.05) is 0 Å². The maximum absolute atomic E-state index is 13.7. The molecule has 1 aliphatic heterocycles. The van der Waals surface area contributed by atoms with E-state index in [0.717, 1.165) is 25.0 Å². The Morgan fingerprint density at radius 3 is 2.89 bits per heavy atom. The largest absolute Gasteiger partial charge is 0.389 e. The molecule has 1 saturated heterocycles. The van der Waals surface area contributed by atoms with E-state index in [1.165, 1.54) is 12.1 Å². The first-order valence-corrected chi connectivity index (χ1v) is 7.56.